The van der Waals surface area contributed by atoms with Crippen molar-refractivity contribution in [1.82, 2.24) is 19.5 Å². The van der Waals surface area contributed by atoms with Crippen LogP contribution in [-0.4, -0.2) is 50.8 Å². The Balaban J connectivity index is 1.48. The Morgan fingerprint density at radius 1 is 1.00 bits per heavy atom. The van der Waals surface area contributed by atoms with E-state index in [1.807, 2.05) is 31.2 Å². The average molecular weight is 438 g/mol. The number of rotatable bonds is 4. The first-order valence-corrected chi connectivity index (χ1v) is 11.2. The summed E-state index contributed by atoms with van der Waals surface area (Å²) in [5.74, 6) is 0.590. The van der Waals surface area contributed by atoms with Crippen LogP contribution in [0.5, 0.6) is 5.88 Å². The lowest BCUT2D eigenvalue weighted by atomic mass is 9.98. The van der Waals surface area contributed by atoms with Crippen LogP contribution in [0.25, 0.3) is 4.96 Å². The lowest BCUT2D eigenvalue weighted by Crippen LogP contribution is -2.48. The molecule has 3 heterocycles. The molecule has 5 rings (SSSR count). The number of anilines is 1. The van der Waals surface area contributed by atoms with E-state index in [0.717, 1.165) is 36.7 Å². The number of aryl methyl sites for hydroxylation is 2. The Morgan fingerprint density at radius 2 is 1.71 bits per heavy atom. The molecule has 0 aliphatic carbocycles. The summed E-state index contributed by atoms with van der Waals surface area (Å²) in [6, 6.07) is 14.9. The van der Waals surface area contributed by atoms with Gasteiger partial charge in [-0.2, -0.15) is 4.52 Å². The van der Waals surface area contributed by atoms with Gasteiger partial charge in [0.1, 0.15) is 11.6 Å². The van der Waals surface area contributed by atoms with E-state index in [0.29, 0.717) is 10.8 Å². The topological polar surface area (TPSA) is 56.9 Å². The van der Waals surface area contributed by atoms with Crippen molar-refractivity contribution in [2.45, 2.75) is 19.9 Å². The normalized spacial score (nSPS) is 16.2. The fourth-order valence-corrected chi connectivity index (χ4v) is 5.47. The van der Waals surface area contributed by atoms with E-state index in [-0.39, 0.29) is 17.7 Å². The molecule has 2 aromatic heterocycles. The molecule has 1 atom stereocenters. The Bertz CT molecular complexity index is 1210. The van der Waals surface area contributed by atoms with Gasteiger partial charge in [0.15, 0.2) is 0 Å². The lowest BCUT2D eigenvalue weighted by molar-refractivity contribution is 0.210. The zero-order valence-electron chi connectivity index (χ0n) is 17.5. The molecule has 1 fully saturated rings. The van der Waals surface area contributed by atoms with Gasteiger partial charge in [0, 0.05) is 31.9 Å². The number of aromatic hydroxyl groups is 1. The Kier molecular flexibility index (Phi) is 5.11. The first-order valence-electron chi connectivity index (χ1n) is 10.4. The number of halogens is 1. The van der Waals surface area contributed by atoms with Gasteiger partial charge in [0.05, 0.1) is 10.9 Å². The first kappa shape index (κ1) is 20.0. The van der Waals surface area contributed by atoms with Crippen LogP contribution in [0.3, 0.4) is 0 Å². The summed E-state index contributed by atoms with van der Waals surface area (Å²) in [6.07, 6.45) is 0. The number of fused-ring (bicyclic) bond motifs is 1. The van der Waals surface area contributed by atoms with E-state index in [1.54, 1.807) is 0 Å². The molecule has 1 saturated heterocycles. The Hall–Kier alpha value is -2.97. The van der Waals surface area contributed by atoms with Gasteiger partial charge in [0.2, 0.25) is 10.8 Å². The molecule has 0 radical (unpaired) electrons. The van der Waals surface area contributed by atoms with Crippen LogP contribution in [0.15, 0.2) is 48.5 Å². The van der Waals surface area contributed by atoms with Gasteiger partial charge in [-0.05, 0) is 49.2 Å². The van der Waals surface area contributed by atoms with Crippen molar-refractivity contribution in [3.05, 3.63) is 76.2 Å². The number of nitrogens with zero attached hydrogens (tertiary/aromatic N) is 5. The third-order valence-corrected chi connectivity index (χ3v) is 6.98. The lowest BCUT2D eigenvalue weighted by Gasteiger charge is -2.40. The highest BCUT2D eigenvalue weighted by atomic mass is 32.1. The van der Waals surface area contributed by atoms with Gasteiger partial charge in [-0.1, -0.05) is 35.6 Å². The average Bonchev–Trinajstić information content (AvgIpc) is 3.28. The van der Waals surface area contributed by atoms with Crippen molar-refractivity contribution in [3.8, 4) is 5.88 Å². The molecule has 8 heteroatoms. The minimum Gasteiger partial charge on any atom is -0.492 e. The van der Waals surface area contributed by atoms with Crippen LogP contribution in [-0.2, 0) is 0 Å². The van der Waals surface area contributed by atoms with E-state index in [1.165, 1.54) is 39.1 Å². The second-order valence-electron chi connectivity index (χ2n) is 7.90. The van der Waals surface area contributed by atoms with E-state index >= 15 is 0 Å². The largest absolute Gasteiger partial charge is 0.492 e. The van der Waals surface area contributed by atoms with E-state index in [9.17, 15) is 9.50 Å². The minimum absolute atomic E-state index is 0.0784. The molecular formula is C23H24FN5OS. The molecule has 1 aliphatic heterocycles. The van der Waals surface area contributed by atoms with Crippen molar-refractivity contribution in [3.63, 3.8) is 0 Å². The number of aromatic nitrogens is 3. The molecule has 6 nitrogen and oxygen atoms in total. The summed E-state index contributed by atoms with van der Waals surface area (Å²) in [5.41, 5.74) is 3.39. The van der Waals surface area contributed by atoms with Crippen LogP contribution in [0, 0.1) is 19.7 Å². The molecule has 0 amide bonds. The zero-order chi connectivity index (χ0) is 21.5. The van der Waals surface area contributed by atoms with E-state index in [2.05, 4.69) is 38.9 Å². The molecule has 1 N–H and O–H groups in total. The van der Waals surface area contributed by atoms with E-state index < -0.39 is 0 Å². The van der Waals surface area contributed by atoms with Crippen LogP contribution >= 0.6 is 11.3 Å². The highest BCUT2D eigenvalue weighted by Gasteiger charge is 2.32. The molecule has 0 unspecified atom stereocenters. The molecule has 160 valence electrons. The molecule has 4 aromatic rings. The fourth-order valence-electron chi connectivity index (χ4n) is 4.31. The molecule has 0 bridgehead atoms. The summed E-state index contributed by atoms with van der Waals surface area (Å²) in [6.45, 7) is 7.23. The highest BCUT2D eigenvalue weighted by molar-refractivity contribution is 7.17. The number of piperazine rings is 1. The number of thiazole rings is 1. The summed E-state index contributed by atoms with van der Waals surface area (Å²) in [5, 5.41) is 15.4. The number of hydrogen-bond donors (Lipinski definition) is 1. The number of benzene rings is 2. The molecular weight excluding hydrogens is 413 g/mol. The predicted octanol–water partition coefficient (Wildman–Crippen LogP) is 4.16. The molecule has 31 heavy (non-hydrogen) atoms. The van der Waals surface area contributed by atoms with Crippen molar-refractivity contribution < 1.29 is 9.50 Å². The summed E-state index contributed by atoms with van der Waals surface area (Å²) >= 11 is 1.49. The maximum absolute atomic E-state index is 13.3. The summed E-state index contributed by atoms with van der Waals surface area (Å²) in [4.78, 5) is 10.7. The number of hydrogen-bond acceptors (Lipinski definition) is 6. The van der Waals surface area contributed by atoms with Gasteiger partial charge in [-0.3, -0.25) is 4.90 Å². The van der Waals surface area contributed by atoms with Crippen molar-refractivity contribution in [1.29, 1.82) is 0 Å². The summed E-state index contributed by atoms with van der Waals surface area (Å²) < 4.78 is 14.8. The van der Waals surface area contributed by atoms with Crippen LogP contribution in [0.1, 0.15) is 27.9 Å². The van der Waals surface area contributed by atoms with Crippen molar-refractivity contribution >= 4 is 22.0 Å². The van der Waals surface area contributed by atoms with Gasteiger partial charge >= 0.3 is 0 Å². The molecule has 1 aliphatic rings. The fraction of sp³-hybridized carbons (Fsp3) is 0.304. The standard InChI is InChI=1S/C23H24FN5OS/c1-15-5-3-4-6-19(15)20(21-22(30)29-23(31-21)25-16(2)26-29)28-13-11-27(12-14-28)18-9-7-17(24)8-10-18/h3-10,20,30H,11-14H2,1-2H3/t20-/m1/s1. The first-order chi connectivity index (χ1) is 15.0. The third-order valence-electron chi connectivity index (χ3n) is 5.91. The predicted molar refractivity (Wildman–Crippen MR) is 120 cm³/mol. The quantitative estimate of drug-likeness (QED) is 0.520. The third kappa shape index (κ3) is 3.66. The van der Waals surface area contributed by atoms with Gasteiger partial charge in [-0.15, -0.1) is 5.10 Å². The van der Waals surface area contributed by atoms with Gasteiger partial charge < -0.3 is 10.0 Å². The van der Waals surface area contributed by atoms with Crippen LogP contribution in [0.4, 0.5) is 10.1 Å². The molecule has 0 spiro atoms. The second kappa shape index (κ2) is 7.94. The second-order valence-corrected chi connectivity index (χ2v) is 8.91. The zero-order valence-corrected chi connectivity index (χ0v) is 18.3. The molecule has 0 saturated carbocycles. The highest BCUT2D eigenvalue weighted by Crippen LogP contribution is 2.41. The molecule has 2 aromatic carbocycles. The maximum atomic E-state index is 13.3. The van der Waals surface area contributed by atoms with Gasteiger partial charge in [-0.25, -0.2) is 9.37 Å². The van der Waals surface area contributed by atoms with Gasteiger partial charge in [0.25, 0.3) is 0 Å². The minimum atomic E-state index is -0.218. The van der Waals surface area contributed by atoms with Crippen LogP contribution in [0.2, 0.25) is 0 Å². The van der Waals surface area contributed by atoms with Crippen LogP contribution < -0.4 is 4.90 Å². The monoisotopic (exact) mass is 437 g/mol. The van der Waals surface area contributed by atoms with Crippen molar-refractivity contribution in [2.24, 2.45) is 0 Å². The van der Waals surface area contributed by atoms with Crippen molar-refractivity contribution in [2.75, 3.05) is 31.1 Å². The van der Waals surface area contributed by atoms with E-state index in [4.69, 9.17) is 0 Å². The smallest absolute Gasteiger partial charge is 0.230 e. The Morgan fingerprint density at radius 3 is 2.39 bits per heavy atom. The summed E-state index contributed by atoms with van der Waals surface area (Å²) in [7, 11) is 0. The Labute approximate surface area is 184 Å². The maximum Gasteiger partial charge on any atom is 0.230 e. The SMILES string of the molecule is Cc1nc2sc([C@@H](c3ccccc3C)N3CCN(c4ccc(F)cc4)CC3)c(O)n2n1.